The minimum absolute atomic E-state index is 0.0378. The number of unbranched alkanes of at least 4 members (excludes halogenated alkanes) is 2. The van der Waals surface area contributed by atoms with Crippen molar-refractivity contribution < 1.29 is 13.9 Å². The number of halogens is 1. The SMILES string of the molecule is CCCCCc1cc(O)c2c(C)c(F)c(=O)oc2c1. The van der Waals surface area contributed by atoms with Gasteiger partial charge in [-0.3, -0.25) is 0 Å². The number of aryl methyl sites for hydroxylation is 2. The second-order valence-corrected chi connectivity index (χ2v) is 4.77. The van der Waals surface area contributed by atoms with E-state index in [-0.39, 0.29) is 22.3 Å². The molecule has 0 bridgehead atoms. The summed E-state index contributed by atoms with van der Waals surface area (Å²) in [6, 6.07) is 3.32. The van der Waals surface area contributed by atoms with Crippen LogP contribution in [0.4, 0.5) is 4.39 Å². The summed E-state index contributed by atoms with van der Waals surface area (Å²) >= 11 is 0. The van der Waals surface area contributed by atoms with Crippen LogP contribution in [-0.4, -0.2) is 5.11 Å². The van der Waals surface area contributed by atoms with Crippen LogP contribution in [0.5, 0.6) is 5.75 Å². The molecule has 1 N–H and O–H groups in total. The highest BCUT2D eigenvalue weighted by Crippen LogP contribution is 2.30. The number of hydrogen-bond donors (Lipinski definition) is 1. The van der Waals surface area contributed by atoms with Crippen LogP contribution in [0, 0.1) is 12.7 Å². The quantitative estimate of drug-likeness (QED) is 0.677. The standard InChI is InChI=1S/C15H17FO3/c1-3-4-5-6-10-7-11(17)13-9(2)14(16)15(18)19-12(13)8-10/h7-8,17H,3-6H2,1-2H3. The number of aromatic hydroxyl groups is 1. The molecule has 2 rings (SSSR count). The molecule has 4 heteroatoms. The molecule has 1 aromatic carbocycles. The Bertz CT molecular complexity index is 658. The first-order chi connectivity index (χ1) is 9.04. The predicted molar refractivity (Wildman–Crippen MR) is 72.1 cm³/mol. The number of phenolic OH excluding ortho intramolecular Hbond substituents is 1. The van der Waals surface area contributed by atoms with Gasteiger partial charge in [-0.15, -0.1) is 0 Å². The molecule has 1 aromatic heterocycles. The van der Waals surface area contributed by atoms with Gasteiger partial charge in [-0.25, -0.2) is 4.79 Å². The smallest absolute Gasteiger partial charge is 0.372 e. The van der Waals surface area contributed by atoms with E-state index in [2.05, 4.69) is 6.92 Å². The first-order valence-corrected chi connectivity index (χ1v) is 6.49. The second kappa shape index (κ2) is 5.43. The molecule has 0 saturated carbocycles. The molecular formula is C15H17FO3. The molecule has 0 aliphatic heterocycles. The Labute approximate surface area is 110 Å². The summed E-state index contributed by atoms with van der Waals surface area (Å²) in [5.74, 6) is -0.981. The minimum atomic E-state index is -0.991. The van der Waals surface area contributed by atoms with E-state index in [9.17, 15) is 14.3 Å². The highest BCUT2D eigenvalue weighted by atomic mass is 19.1. The number of fused-ring (bicyclic) bond motifs is 1. The third-order valence-electron chi connectivity index (χ3n) is 3.30. The zero-order valence-corrected chi connectivity index (χ0v) is 11.1. The lowest BCUT2D eigenvalue weighted by Crippen LogP contribution is -2.07. The molecule has 1 heterocycles. The first-order valence-electron chi connectivity index (χ1n) is 6.49. The lowest BCUT2D eigenvalue weighted by Gasteiger charge is -2.07. The number of phenols is 1. The van der Waals surface area contributed by atoms with Crippen molar-refractivity contribution in [2.24, 2.45) is 0 Å². The zero-order chi connectivity index (χ0) is 14.0. The maximum atomic E-state index is 13.5. The van der Waals surface area contributed by atoms with E-state index in [4.69, 9.17) is 4.42 Å². The fourth-order valence-corrected chi connectivity index (χ4v) is 2.24. The van der Waals surface area contributed by atoms with Crippen molar-refractivity contribution in [3.05, 3.63) is 39.5 Å². The van der Waals surface area contributed by atoms with Crippen LogP contribution in [0.25, 0.3) is 11.0 Å². The van der Waals surface area contributed by atoms with Crippen LogP contribution < -0.4 is 5.63 Å². The van der Waals surface area contributed by atoms with E-state index < -0.39 is 11.4 Å². The summed E-state index contributed by atoms with van der Waals surface area (Å²) in [6.45, 7) is 3.58. The summed E-state index contributed by atoms with van der Waals surface area (Å²) < 4.78 is 18.4. The average Bonchev–Trinajstić information content (AvgIpc) is 2.36. The van der Waals surface area contributed by atoms with Gasteiger partial charge in [-0.05, 0) is 37.5 Å². The minimum Gasteiger partial charge on any atom is -0.507 e. The topological polar surface area (TPSA) is 50.4 Å². The lowest BCUT2D eigenvalue weighted by molar-refractivity contribution is 0.464. The van der Waals surface area contributed by atoms with E-state index in [0.717, 1.165) is 31.2 Å². The highest BCUT2D eigenvalue weighted by Gasteiger charge is 2.14. The van der Waals surface area contributed by atoms with Gasteiger partial charge in [-0.2, -0.15) is 4.39 Å². The Balaban J connectivity index is 2.51. The van der Waals surface area contributed by atoms with Gasteiger partial charge in [0.2, 0.25) is 5.82 Å². The van der Waals surface area contributed by atoms with E-state index >= 15 is 0 Å². The third kappa shape index (κ3) is 2.62. The fourth-order valence-electron chi connectivity index (χ4n) is 2.24. The molecule has 102 valence electrons. The van der Waals surface area contributed by atoms with Gasteiger partial charge >= 0.3 is 5.63 Å². The van der Waals surface area contributed by atoms with Crippen molar-refractivity contribution in [2.75, 3.05) is 0 Å². The van der Waals surface area contributed by atoms with Crippen molar-refractivity contribution >= 4 is 11.0 Å². The maximum Gasteiger partial charge on any atom is 0.372 e. The molecular weight excluding hydrogens is 247 g/mol. The van der Waals surface area contributed by atoms with Crippen LogP contribution in [0.15, 0.2) is 21.3 Å². The van der Waals surface area contributed by atoms with Gasteiger partial charge < -0.3 is 9.52 Å². The van der Waals surface area contributed by atoms with Gasteiger partial charge in [0.1, 0.15) is 11.3 Å². The van der Waals surface area contributed by atoms with Crippen LogP contribution in [0.2, 0.25) is 0 Å². The van der Waals surface area contributed by atoms with Gasteiger partial charge in [0.15, 0.2) is 0 Å². The number of benzene rings is 1. The predicted octanol–water partition coefficient (Wildman–Crippen LogP) is 3.68. The first kappa shape index (κ1) is 13.6. The van der Waals surface area contributed by atoms with Crippen molar-refractivity contribution in [2.45, 2.75) is 39.5 Å². The summed E-state index contributed by atoms with van der Waals surface area (Å²) in [4.78, 5) is 11.3. The van der Waals surface area contributed by atoms with Crippen LogP contribution >= 0.6 is 0 Å². The van der Waals surface area contributed by atoms with E-state index in [0.29, 0.717) is 0 Å². The Kier molecular flexibility index (Phi) is 3.88. The molecule has 0 aliphatic carbocycles. The monoisotopic (exact) mass is 264 g/mol. The number of rotatable bonds is 4. The van der Waals surface area contributed by atoms with Gasteiger partial charge in [0.05, 0.1) is 5.39 Å². The van der Waals surface area contributed by atoms with Gasteiger partial charge in [0, 0.05) is 5.56 Å². The number of hydrogen-bond acceptors (Lipinski definition) is 3. The largest absolute Gasteiger partial charge is 0.507 e. The fraction of sp³-hybridized carbons (Fsp3) is 0.400. The van der Waals surface area contributed by atoms with Gasteiger partial charge in [0.25, 0.3) is 0 Å². The molecule has 0 radical (unpaired) electrons. The van der Waals surface area contributed by atoms with E-state index in [1.807, 2.05) is 0 Å². The van der Waals surface area contributed by atoms with Crippen molar-refractivity contribution in [3.8, 4) is 5.75 Å². The molecule has 3 nitrogen and oxygen atoms in total. The lowest BCUT2D eigenvalue weighted by atomic mass is 10.0. The Morgan fingerprint density at radius 2 is 2.05 bits per heavy atom. The Morgan fingerprint density at radius 3 is 2.74 bits per heavy atom. The molecule has 0 spiro atoms. The zero-order valence-electron chi connectivity index (χ0n) is 11.1. The Hall–Kier alpha value is -1.84. The van der Waals surface area contributed by atoms with Crippen LogP contribution in [-0.2, 0) is 6.42 Å². The second-order valence-electron chi connectivity index (χ2n) is 4.77. The van der Waals surface area contributed by atoms with Crippen molar-refractivity contribution in [3.63, 3.8) is 0 Å². The van der Waals surface area contributed by atoms with Crippen LogP contribution in [0.3, 0.4) is 0 Å². The van der Waals surface area contributed by atoms with E-state index in [1.54, 1.807) is 12.1 Å². The Morgan fingerprint density at radius 1 is 1.32 bits per heavy atom. The molecule has 0 fully saturated rings. The van der Waals surface area contributed by atoms with Crippen LogP contribution in [0.1, 0.15) is 37.3 Å². The van der Waals surface area contributed by atoms with Gasteiger partial charge in [-0.1, -0.05) is 19.8 Å². The normalized spacial score (nSPS) is 11.1. The highest BCUT2D eigenvalue weighted by molar-refractivity contribution is 5.87. The molecule has 2 aromatic rings. The summed E-state index contributed by atoms with van der Waals surface area (Å²) in [7, 11) is 0. The summed E-state index contributed by atoms with van der Waals surface area (Å²) in [6.07, 6.45) is 4.02. The molecule has 0 aliphatic rings. The molecule has 19 heavy (non-hydrogen) atoms. The maximum absolute atomic E-state index is 13.5. The van der Waals surface area contributed by atoms with Crippen molar-refractivity contribution in [1.82, 2.24) is 0 Å². The summed E-state index contributed by atoms with van der Waals surface area (Å²) in [5.41, 5.74) is 0.280. The van der Waals surface area contributed by atoms with E-state index in [1.165, 1.54) is 6.92 Å². The molecule has 0 saturated heterocycles. The molecule has 0 atom stereocenters. The molecule has 0 unspecified atom stereocenters. The molecule has 0 amide bonds. The van der Waals surface area contributed by atoms with Crippen molar-refractivity contribution in [1.29, 1.82) is 0 Å². The third-order valence-corrected chi connectivity index (χ3v) is 3.30. The average molecular weight is 264 g/mol. The summed E-state index contributed by atoms with van der Waals surface area (Å²) in [5, 5.41) is 10.3.